The van der Waals surface area contributed by atoms with E-state index in [4.69, 9.17) is 4.98 Å². The highest BCUT2D eigenvalue weighted by Crippen LogP contribution is 2.32. The Bertz CT molecular complexity index is 822. The fraction of sp³-hybridized carbons (Fsp3) is 0.545. The van der Waals surface area contributed by atoms with Gasteiger partial charge < -0.3 is 10.2 Å². The number of pyridine rings is 1. The quantitative estimate of drug-likeness (QED) is 0.892. The zero-order chi connectivity index (χ0) is 18.1. The van der Waals surface area contributed by atoms with E-state index >= 15 is 0 Å². The molecule has 4 heteroatoms. The molecular weight excluding hydrogens is 320 g/mol. The van der Waals surface area contributed by atoms with Crippen molar-refractivity contribution in [2.45, 2.75) is 44.6 Å². The first-order chi connectivity index (χ1) is 12.6. The van der Waals surface area contributed by atoms with Gasteiger partial charge in [-0.15, -0.1) is 0 Å². The number of aromatic nitrogens is 1. The summed E-state index contributed by atoms with van der Waals surface area (Å²) in [6, 6.07) is 11.4. The molecule has 2 aliphatic heterocycles. The molecule has 0 spiro atoms. The van der Waals surface area contributed by atoms with E-state index in [1.54, 1.807) is 0 Å². The summed E-state index contributed by atoms with van der Waals surface area (Å²) in [5.41, 5.74) is 4.13. The largest absolute Gasteiger partial charge is 0.310 e. The average Bonchev–Trinajstić information content (AvgIpc) is 2.68. The van der Waals surface area contributed by atoms with Crippen LogP contribution in [0.5, 0.6) is 0 Å². The summed E-state index contributed by atoms with van der Waals surface area (Å²) in [7, 11) is 2.17. The Balaban J connectivity index is 1.67. The number of piperidine rings is 2. The molecule has 136 valence electrons. The second-order valence-electron chi connectivity index (χ2n) is 8.21. The Hall–Kier alpha value is -1.96. The first-order valence-electron chi connectivity index (χ1n) is 9.90. The molecule has 0 bridgehead atoms. The number of benzene rings is 1. The van der Waals surface area contributed by atoms with Crippen LogP contribution in [0.4, 0.5) is 0 Å². The molecule has 1 N–H and O–H groups in total. The summed E-state index contributed by atoms with van der Waals surface area (Å²) in [6.45, 7) is 5.56. The molecule has 3 heterocycles. The maximum atomic E-state index is 9.63. The van der Waals surface area contributed by atoms with E-state index in [1.165, 1.54) is 18.4 Å². The Kier molecular flexibility index (Phi) is 4.93. The van der Waals surface area contributed by atoms with Crippen LogP contribution < -0.4 is 5.32 Å². The fourth-order valence-corrected chi connectivity index (χ4v) is 4.38. The highest BCUT2D eigenvalue weighted by atomic mass is 15.1. The van der Waals surface area contributed by atoms with Crippen molar-refractivity contribution in [2.24, 2.45) is 5.92 Å². The van der Waals surface area contributed by atoms with Crippen molar-refractivity contribution in [1.29, 1.82) is 5.26 Å². The van der Waals surface area contributed by atoms with E-state index < -0.39 is 0 Å². The molecule has 0 aliphatic carbocycles. The third-order valence-corrected chi connectivity index (χ3v) is 6.16. The van der Waals surface area contributed by atoms with Crippen LogP contribution in [0, 0.1) is 17.2 Å². The van der Waals surface area contributed by atoms with Gasteiger partial charge in [-0.05, 0) is 76.0 Å². The van der Waals surface area contributed by atoms with E-state index in [2.05, 4.69) is 48.5 Å². The molecule has 0 radical (unpaired) electrons. The topological polar surface area (TPSA) is 52.0 Å². The Morgan fingerprint density at radius 3 is 2.65 bits per heavy atom. The van der Waals surface area contributed by atoms with Gasteiger partial charge in [0.05, 0.1) is 16.8 Å². The van der Waals surface area contributed by atoms with Crippen LogP contribution in [0.25, 0.3) is 10.9 Å². The number of nitriles is 1. The number of fused-ring (bicyclic) bond motifs is 1. The lowest BCUT2D eigenvalue weighted by Crippen LogP contribution is -2.31. The molecule has 2 fully saturated rings. The van der Waals surface area contributed by atoms with Gasteiger partial charge in [0, 0.05) is 17.3 Å². The van der Waals surface area contributed by atoms with Crippen LogP contribution in [0.2, 0.25) is 0 Å². The minimum Gasteiger partial charge on any atom is -0.310 e. The SMILES string of the molecule is C[C@H]1CC[C@H](c2ccc3cc(C#N)c(C4CCN(C)CC4)nc3c2)NC1. The van der Waals surface area contributed by atoms with E-state index in [0.29, 0.717) is 12.0 Å². The number of nitrogens with one attached hydrogen (secondary N) is 1. The van der Waals surface area contributed by atoms with Gasteiger partial charge in [0.2, 0.25) is 0 Å². The lowest BCUT2D eigenvalue weighted by atomic mass is 9.89. The van der Waals surface area contributed by atoms with Gasteiger partial charge in [-0.25, -0.2) is 0 Å². The zero-order valence-corrected chi connectivity index (χ0v) is 15.8. The Labute approximate surface area is 156 Å². The smallest absolute Gasteiger partial charge is 0.101 e. The van der Waals surface area contributed by atoms with Crippen LogP contribution in [0.1, 0.15) is 61.4 Å². The summed E-state index contributed by atoms with van der Waals surface area (Å²) < 4.78 is 0. The summed E-state index contributed by atoms with van der Waals surface area (Å²) in [4.78, 5) is 7.35. The van der Waals surface area contributed by atoms with Crippen LogP contribution in [0.3, 0.4) is 0 Å². The number of hydrogen-bond acceptors (Lipinski definition) is 4. The summed E-state index contributed by atoms with van der Waals surface area (Å²) in [5.74, 6) is 1.17. The summed E-state index contributed by atoms with van der Waals surface area (Å²) in [5, 5.41) is 14.4. The minimum absolute atomic E-state index is 0.405. The van der Waals surface area contributed by atoms with E-state index in [0.717, 1.165) is 60.6 Å². The van der Waals surface area contributed by atoms with Crippen molar-refractivity contribution >= 4 is 10.9 Å². The van der Waals surface area contributed by atoms with Crippen molar-refractivity contribution in [3.63, 3.8) is 0 Å². The standard InChI is InChI=1S/C22H28N4/c1-15-3-6-20(24-14-15)18-5-4-17-11-19(13-23)22(25-21(17)12-18)16-7-9-26(2)10-8-16/h4-5,11-12,15-16,20,24H,3,6-10,14H2,1-2H3/t15-,20+/m0/s1. The molecule has 0 saturated carbocycles. The van der Waals surface area contributed by atoms with Crippen molar-refractivity contribution < 1.29 is 0 Å². The van der Waals surface area contributed by atoms with Gasteiger partial charge in [-0.3, -0.25) is 4.98 Å². The van der Waals surface area contributed by atoms with Crippen LogP contribution in [-0.2, 0) is 0 Å². The Morgan fingerprint density at radius 2 is 1.96 bits per heavy atom. The monoisotopic (exact) mass is 348 g/mol. The van der Waals surface area contributed by atoms with E-state index in [9.17, 15) is 5.26 Å². The molecule has 1 aromatic heterocycles. The maximum absolute atomic E-state index is 9.63. The van der Waals surface area contributed by atoms with Crippen LogP contribution >= 0.6 is 0 Å². The normalized spacial score (nSPS) is 25.3. The summed E-state index contributed by atoms with van der Waals surface area (Å²) in [6.07, 6.45) is 4.64. The second-order valence-corrected chi connectivity index (χ2v) is 8.21. The van der Waals surface area contributed by atoms with Crippen LogP contribution in [-0.4, -0.2) is 36.6 Å². The number of nitrogens with zero attached hydrogens (tertiary/aromatic N) is 3. The van der Waals surface area contributed by atoms with Crippen molar-refractivity contribution in [3.05, 3.63) is 41.1 Å². The van der Waals surface area contributed by atoms with Gasteiger partial charge in [-0.2, -0.15) is 5.26 Å². The molecular formula is C22H28N4. The van der Waals surface area contributed by atoms with Crippen LogP contribution in [0.15, 0.2) is 24.3 Å². The molecule has 26 heavy (non-hydrogen) atoms. The predicted molar refractivity (Wildman–Crippen MR) is 105 cm³/mol. The van der Waals surface area contributed by atoms with Gasteiger partial charge >= 0.3 is 0 Å². The third kappa shape index (κ3) is 3.47. The predicted octanol–water partition coefficient (Wildman–Crippen LogP) is 3.98. The van der Waals surface area contributed by atoms with Gasteiger partial charge in [-0.1, -0.05) is 19.1 Å². The first kappa shape index (κ1) is 17.5. The Morgan fingerprint density at radius 1 is 1.15 bits per heavy atom. The zero-order valence-electron chi connectivity index (χ0n) is 15.8. The van der Waals surface area contributed by atoms with Gasteiger partial charge in [0.1, 0.15) is 6.07 Å². The van der Waals surface area contributed by atoms with Crippen molar-refractivity contribution in [1.82, 2.24) is 15.2 Å². The molecule has 2 atom stereocenters. The van der Waals surface area contributed by atoms with Gasteiger partial charge in [0.15, 0.2) is 0 Å². The number of likely N-dealkylation sites (tertiary alicyclic amines) is 1. The highest BCUT2D eigenvalue weighted by Gasteiger charge is 2.23. The number of rotatable bonds is 2. The molecule has 2 aromatic rings. The molecule has 1 aromatic carbocycles. The third-order valence-electron chi connectivity index (χ3n) is 6.16. The minimum atomic E-state index is 0.405. The number of hydrogen-bond donors (Lipinski definition) is 1. The maximum Gasteiger partial charge on any atom is 0.101 e. The summed E-state index contributed by atoms with van der Waals surface area (Å²) >= 11 is 0. The second kappa shape index (κ2) is 7.34. The first-order valence-corrected chi connectivity index (χ1v) is 9.90. The molecule has 2 saturated heterocycles. The molecule has 0 amide bonds. The highest BCUT2D eigenvalue weighted by molar-refractivity contribution is 5.81. The van der Waals surface area contributed by atoms with Gasteiger partial charge in [0.25, 0.3) is 0 Å². The van der Waals surface area contributed by atoms with Crippen molar-refractivity contribution in [2.75, 3.05) is 26.7 Å². The molecule has 2 aliphatic rings. The molecule has 4 rings (SSSR count). The lowest BCUT2D eigenvalue weighted by molar-refractivity contribution is 0.253. The molecule has 4 nitrogen and oxygen atoms in total. The van der Waals surface area contributed by atoms with E-state index in [1.807, 2.05) is 6.07 Å². The lowest BCUT2D eigenvalue weighted by Gasteiger charge is -2.29. The van der Waals surface area contributed by atoms with E-state index in [-0.39, 0.29) is 0 Å². The van der Waals surface area contributed by atoms with Crippen molar-refractivity contribution in [3.8, 4) is 6.07 Å². The fourth-order valence-electron chi connectivity index (χ4n) is 4.38. The molecule has 0 unspecified atom stereocenters. The average molecular weight is 348 g/mol.